The Labute approximate surface area is 128 Å². The third-order valence-corrected chi connectivity index (χ3v) is 3.78. The lowest BCUT2D eigenvalue weighted by atomic mass is 10.1. The van der Waals surface area contributed by atoms with Crippen LogP contribution >= 0.6 is 11.3 Å². The Balaban J connectivity index is 2.19. The van der Waals surface area contributed by atoms with Gasteiger partial charge in [0.05, 0.1) is 6.10 Å². The molecule has 0 aliphatic carbocycles. The molecule has 6 nitrogen and oxygen atoms in total. The second-order valence-electron chi connectivity index (χ2n) is 4.90. The zero-order valence-electron chi connectivity index (χ0n) is 12.3. The van der Waals surface area contributed by atoms with Crippen molar-refractivity contribution in [2.24, 2.45) is 10.7 Å². The average Bonchev–Trinajstić information content (AvgIpc) is 2.86. The summed E-state index contributed by atoms with van der Waals surface area (Å²) < 4.78 is 0. The Morgan fingerprint density at radius 2 is 2.14 bits per heavy atom. The highest BCUT2D eigenvalue weighted by atomic mass is 32.1. The van der Waals surface area contributed by atoms with Crippen LogP contribution in [0.3, 0.4) is 0 Å². The fraction of sp³-hybridized carbons (Fsp3) is 0.357. The predicted molar refractivity (Wildman–Crippen MR) is 85.7 cm³/mol. The SMILES string of the molecule is Cc1ccccc1-c1nnc(N=C(N)N(C)CC(C)O)s1. The molecule has 2 rings (SSSR count). The van der Waals surface area contributed by atoms with E-state index < -0.39 is 6.10 Å². The number of aryl methyl sites for hydroxylation is 1. The van der Waals surface area contributed by atoms with Gasteiger partial charge in [-0.1, -0.05) is 35.6 Å². The first kappa shape index (κ1) is 15.4. The summed E-state index contributed by atoms with van der Waals surface area (Å²) in [6, 6.07) is 8.00. The highest BCUT2D eigenvalue weighted by molar-refractivity contribution is 7.18. The van der Waals surface area contributed by atoms with Gasteiger partial charge in [0.2, 0.25) is 5.13 Å². The number of likely N-dealkylation sites (N-methyl/N-ethyl adjacent to an activating group) is 1. The van der Waals surface area contributed by atoms with Crippen molar-refractivity contribution in [3.05, 3.63) is 29.8 Å². The summed E-state index contributed by atoms with van der Waals surface area (Å²) in [4.78, 5) is 5.92. The summed E-state index contributed by atoms with van der Waals surface area (Å²) in [6.45, 7) is 4.15. The number of hydrogen-bond acceptors (Lipinski definition) is 5. The fourth-order valence-electron chi connectivity index (χ4n) is 1.86. The first-order valence-electron chi connectivity index (χ1n) is 6.60. The van der Waals surface area contributed by atoms with E-state index in [9.17, 15) is 5.11 Å². The van der Waals surface area contributed by atoms with Crippen molar-refractivity contribution >= 4 is 22.4 Å². The number of rotatable bonds is 4. The highest BCUT2D eigenvalue weighted by Crippen LogP contribution is 2.29. The monoisotopic (exact) mass is 305 g/mol. The standard InChI is InChI=1S/C14H19N5OS/c1-9-6-4-5-7-11(9)12-17-18-14(21-12)16-13(15)19(3)8-10(2)20/h4-7,10,20H,8H2,1-3H3,(H2,15,16,18). The van der Waals surface area contributed by atoms with Crippen LogP contribution < -0.4 is 5.73 Å². The zero-order chi connectivity index (χ0) is 15.4. The van der Waals surface area contributed by atoms with E-state index in [4.69, 9.17) is 5.73 Å². The number of nitrogens with two attached hydrogens (primary N) is 1. The number of nitrogens with zero attached hydrogens (tertiary/aromatic N) is 4. The van der Waals surface area contributed by atoms with Gasteiger partial charge in [0, 0.05) is 19.2 Å². The quantitative estimate of drug-likeness (QED) is 0.664. The maximum atomic E-state index is 9.34. The number of guanidine groups is 1. The van der Waals surface area contributed by atoms with Crippen LogP contribution in [0.25, 0.3) is 10.6 Å². The van der Waals surface area contributed by atoms with Crippen LogP contribution in [0, 0.1) is 6.92 Å². The van der Waals surface area contributed by atoms with E-state index in [1.54, 1.807) is 18.9 Å². The molecule has 1 atom stereocenters. The van der Waals surface area contributed by atoms with E-state index in [1.807, 2.05) is 31.2 Å². The van der Waals surface area contributed by atoms with Crippen LogP contribution in [0.1, 0.15) is 12.5 Å². The van der Waals surface area contributed by atoms with Crippen molar-refractivity contribution in [2.45, 2.75) is 20.0 Å². The third kappa shape index (κ3) is 3.99. The number of aliphatic hydroxyl groups excluding tert-OH is 1. The fourth-order valence-corrected chi connectivity index (χ4v) is 2.67. The molecule has 0 spiro atoms. The molecule has 0 saturated heterocycles. The molecule has 0 aliphatic rings. The normalized spacial score (nSPS) is 13.2. The second-order valence-corrected chi connectivity index (χ2v) is 5.86. The smallest absolute Gasteiger partial charge is 0.235 e. The third-order valence-electron chi connectivity index (χ3n) is 2.93. The molecule has 0 bridgehead atoms. The van der Waals surface area contributed by atoms with Gasteiger partial charge < -0.3 is 15.7 Å². The number of aliphatic hydroxyl groups is 1. The predicted octanol–water partition coefficient (Wildman–Crippen LogP) is 1.77. The first-order valence-corrected chi connectivity index (χ1v) is 7.42. The molecule has 7 heteroatoms. The topological polar surface area (TPSA) is 87.6 Å². The van der Waals surface area contributed by atoms with Crippen LogP contribution in [0.15, 0.2) is 29.3 Å². The number of benzene rings is 1. The maximum absolute atomic E-state index is 9.34. The minimum atomic E-state index is -0.472. The van der Waals surface area contributed by atoms with Gasteiger partial charge in [-0.3, -0.25) is 0 Å². The van der Waals surface area contributed by atoms with E-state index in [1.165, 1.54) is 11.3 Å². The molecular weight excluding hydrogens is 286 g/mol. The van der Waals surface area contributed by atoms with Gasteiger partial charge in [-0.05, 0) is 19.4 Å². The van der Waals surface area contributed by atoms with Crippen molar-refractivity contribution < 1.29 is 5.11 Å². The molecule has 1 heterocycles. The van der Waals surface area contributed by atoms with E-state index in [2.05, 4.69) is 15.2 Å². The molecule has 0 radical (unpaired) electrons. The summed E-state index contributed by atoms with van der Waals surface area (Å²) >= 11 is 1.39. The lowest BCUT2D eigenvalue weighted by molar-refractivity contribution is 0.167. The summed E-state index contributed by atoms with van der Waals surface area (Å²) in [5.41, 5.74) is 8.07. The van der Waals surface area contributed by atoms with Crippen molar-refractivity contribution in [2.75, 3.05) is 13.6 Å². The number of hydrogen-bond donors (Lipinski definition) is 2. The molecule has 21 heavy (non-hydrogen) atoms. The Morgan fingerprint density at radius 3 is 2.81 bits per heavy atom. The van der Waals surface area contributed by atoms with E-state index in [-0.39, 0.29) is 0 Å². The molecule has 2 aromatic rings. The molecule has 1 unspecified atom stereocenters. The van der Waals surface area contributed by atoms with Crippen LogP contribution in [-0.4, -0.2) is 45.9 Å². The minimum absolute atomic E-state index is 0.309. The highest BCUT2D eigenvalue weighted by Gasteiger charge is 2.10. The largest absolute Gasteiger partial charge is 0.392 e. The van der Waals surface area contributed by atoms with Gasteiger partial charge in [0.1, 0.15) is 5.01 Å². The zero-order valence-corrected chi connectivity index (χ0v) is 13.1. The molecule has 0 saturated carbocycles. The molecule has 112 valence electrons. The lowest BCUT2D eigenvalue weighted by Gasteiger charge is -2.18. The van der Waals surface area contributed by atoms with Crippen LogP contribution in [0.4, 0.5) is 5.13 Å². The molecule has 3 N–H and O–H groups in total. The Kier molecular flexibility index (Phi) is 4.87. The van der Waals surface area contributed by atoms with E-state index in [0.717, 1.165) is 16.1 Å². The molecule has 0 amide bonds. The second kappa shape index (κ2) is 6.64. The van der Waals surface area contributed by atoms with Crippen LogP contribution in [0.5, 0.6) is 0 Å². The summed E-state index contributed by atoms with van der Waals surface area (Å²) in [5, 5.41) is 18.9. The molecule has 1 aromatic carbocycles. The van der Waals surface area contributed by atoms with Gasteiger partial charge in [-0.25, -0.2) is 0 Å². The summed E-state index contributed by atoms with van der Waals surface area (Å²) in [5.74, 6) is 0.309. The minimum Gasteiger partial charge on any atom is -0.392 e. The van der Waals surface area contributed by atoms with Gasteiger partial charge in [-0.15, -0.1) is 10.2 Å². The van der Waals surface area contributed by atoms with Gasteiger partial charge in [0.25, 0.3) is 0 Å². The number of aromatic nitrogens is 2. The Bertz CT molecular complexity index is 638. The van der Waals surface area contributed by atoms with Crippen LogP contribution in [0.2, 0.25) is 0 Å². The summed E-state index contributed by atoms with van der Waals surface area (Å²) in [7, 11) is 1.77. The van der Waals surface area contributed by atoms with E-state index >= 15 is 0 Å². The van der Waals surface area contributed by atoms with E-state index in [0.29, 0.717) is 17.6 Å². The van der Waals surface area contributed by atoms with Crippen molar-refractivity contribution in [3.63, 3.8) is 0 Å². The van der Waals surface area contributed by atoms with Crippen molar-refractivity contribution in [1.29, 1.82) is 0 Å². The Morgan fingerprint density at radius 1 is 1.43 bits per heavy atom. The average molecular weight is 305 g/mol. The van der Waals surface area contributed by atoms with Crippen molar-refractivity contribution in [1.82, 2.24) is 15.1 Å². The molecule has 0 aliphatic heterocycles. The molecular formula is C14H19N5OS. The molecule has 1 aromatic heterocycles. The summed E-state index contributed by atoms with van der Waals surface area (Å²) in [6.07, 6.45) is -0.472. The maximum Gasteiger partial charge on any atom is 0.235 e. The van der Waals surface area contributed by atoms with Gasteiger partial charge in [-0.2, -0.15) is 4.99 Å². The van der Waals surface area contributed by atoms with Crippen molar-refractivity contribution in [3.8, 4) is 10.6 Å². The van der Waals surface area contributed by atoms with Crippen LogP contribution in [-0.2, 0) is 0 Å². The lowest BCUT2D eigenvalue weighted by Crippen LogP contribution is -2.38. The Hall–Kier alpha value is -1.99. The first-order chi connectivity index (χ1) is 9.97. The van der Waals surface area contributed by atoms with Gasteiger partial charge in [0.15, 0.2) is 5.96 Å². The molecule has 0 fully saturated rings. The number of aliphatic imine (C=N–C) groups is 1. The van der Waals surface area contributed by atoms with Gasteiger partial charge >= 0.3 is 0 Å².